The highest BCUT2D eigenvalue weighted by molar-refractivity contribution is 6.30. The molecule has 3 aliphatic rings. The molecule has 1 aromatic rings. The highest BCUT2D eigenvalue weighted by atomic mass is 35.5. The molecule has 9 heteroatoms. The number of amides is 2. The van der Waals surface area contributed by atoms with Gasteiger partial charge in [-0.2, -0.15) is 0 Å². The number of ether oxygens (including phenoxy) is 2. The highest BCUT2D eigenvalue weighted by Crippen LogP contribution is 2.38. The minimum atomic E-state index is -0.572. The van der Waals surface area contributed by atoms with Crippen molar-refractivity contribution in [3.05, 3.63) is 34.6 Å². The fourth-order valence-electron chi connectivity index (χ4n) is 5.53. The standard InChI is InChI=1S/C26H37ClFN3O4/c1-17-14-29(9-10-31(17)25(33)35-26(2,3)4)24(32)22-16-30(19-7-11-34-12-8-19)15-21(22)20-6-5-18(27)13-23(20)28/h5-6,13,17,19,21-22H,7-12,14-16H2,1-4H3/t17?,21-,22?/m0/s1. The van der Waals surface area contributed by atoms with E-state index in [4.69, 9.17) is 21.1 Å². The molecule has 0 bridgehead atoms. The number of halogens is 2. The topological polar surface area (TPSA) is 62.3 Å². The minimum absolute atomic E-state index is 0.0228. The average molecular weight is 510 g/mol. The molecule has 0 N–H and O–H groups in total. The molecular weight excluding hydrogens is 473 g/mol. The maximum absolute atomic E-state index is 15.0. The zero-order valence-corrected chi connectivity index (χ0v) is 21.9. The molecule has 1 aromatic carbocycles. The largest absolute Gasteiger partial charge is 0.444 e. The monoisotopic (exact) mass is 509 g/mol. The second-order valence-electron chi connectivity index (χ2n) is 11.0. The van der Waals surface area contributed by atoms with Gasteiger partial charge in [0.1, 0.15) is 11.4 Å². The summed E-state index contributed by atoms with van der Waals surface area (Å²) in [4.78, 5) is 32.3. The van der Waals surface area contributed by atoms with Gasteiger partial charge in [0.25, 0.3) is 0 Å². The van der Waals surface area contributed by atoms with Gasteiger partial charge in [-0.15, -0.1) is 0 Å². The van der Waals surface area contributed by atoms with Crippen LogP contribution in [0, 0.1) is 11.7 Å². The molecule has 3 saturated heterocycles. The van der Waals surface area contributed by atoms with Crippen molar-refractivity contribution in [2.24, 2.45) is 5.92 Å². The van der Waals surface area contributed by atoms with Gasteiger partial charge in [0.05, 0.1) is 5.92 Å². The number of benzene rings is 1. The second-order valence-corrected chi connectivity index (χ2v) is 11.4. The average Bonchev–Trinajstić information content (AvgIpc) is 3.23. The number of likely N-dealkylation sites (tertiary alicyclic amines) is 1. The van der Waals surface area contributed by atoms with Gasteiger partial charge in [-0.1, -0.05) is 17.7 Å². The zero-order valence-electron chi connectivity index (χ0n) is 21.1. The Kier molecular flexibility index (Phi) is 7.93. The SMILES string of the molecule is CC1CN(C(=O)C2CN(C3CCOCC3)C[C@H]2c2ccc(Cl)cc2F)CCN1C(=O)OC(C)(C)C. The molecule has 0 aliphatic carbocycles. The van der Waals surface area contributed by atoms with Crippen LogP contribution >= 0.6 is 11.6 Å². The number of piperazine rings is 1. The first kappa shape index (κ1) is 26.2. The Morgan fingerprint density at radius 2 is 1.83 bits per heavy atom. The molecule has 0 spiro atoms. The van der Waals surface area contributed by atoms with Crippen molar-refractivity contribution in [2.75, 3.05) is 45.9 Å². The molecule has 0 radical (unpaired) electrons. The van der Waals surface area contributed by atoms with Crippen molar-refractivity contribution in [3.8, 4) is 0 Å². The number of carbonyl (C=O) groups excluding carboxylic acids is 2. The van der Waals surface area contributed by atoms with Gasteiger partial charge < -0.3 is 19.3 Å². The van der Waals surface area contributed by atoms with E-state index in [1.165, 1.54) is 6.07 Å². The lowest BCUT2D eigenvalue weighted by Gasteiger charge is -2.41. The third-order valence-electron chi connectivity index (χ3n) is 7.30. The van der Waals surface area contributed by atoms with E-state index >= 15 is 0 Å². The first-order valence-electron chi connectivity index (χ1n) is 12.6. The van der Waals surface area contributed by atoms with Gasteiger partial charge in [0.15, 0.2) is 0 Å². The third kappa shape index (κ3) is 6.09. The predicted molar refractivity (Wildman–Crippen MR) is 132 cm³/mol. The van der Waals surface area contributed by atoms with Crippen LogP contribution < -0.4 is 0 Å². The summed E-state index contributed by atoms with van der Waals surface area (Å²) in [5, 5.41) is 0.348. The molecule has 3 atom stereocenters. The van der Waals surface area contributed by atoms with Crippen LogP contribution in [0.2, 0.25) is 5.02 Å². The van der Waals surface area contributed by atoms with Crippen LogP contribution in [0.4, 0.5) is 9.18 Å². The number of nitrogens with zero attached hydrogens (tertiary/aromatic N) is 3. The lowest BCUT2D eigenvalue weighted by atomic mass is 9.87. The van der Waals surface area contributed by atoms with Gasteiger partial charge in [-0.25, -0.2) is 9.18 Å². The maximum atomic E-state index is 15.0. The van der Waals surface area contributed by atoms with Crippen molar-refractivity contribution in [1.82, 2.24) is 14.7 Å². The van der Waals surface area contributed by atoms with E-state index < -0.39 is 5.60 Å². The van der Waals surface area contributed by atoms with Crippen LogP contribution in [-0.2, 0) is 14.3 Å². The van der Waals surface area contributed by atoms with Crippen LogP contribution in [-0.4, -0.2) is 90.3 Å². The van der Waals surface area contributed by atoms with Gasteiger partial charge in [-0.3, -0.25) is 9.69 Å². The summed E-state index contributed by atoms with van der Waals surface area (Å²) in [6, 6.07) is 4.92. The molecule has 194 valence electrons. The molecule has 3 aliphatic heterocycles. The summed E-state index contributed by atoms with van der Waals surface area (Å²) < 4.78 is 26.0. The van der Waals surface area contributed by atoms with Crippen LogP contribution in [0.3, 0.4) is 0 Å². The second kappa shape index (κ2) is 10.6. The Hall–Kier alpha value is -1.90. The number of carbonyl (C=O) groups is 2. The Bertz CT molecular complexity index is 934. The number of rotatable bonds is 3. The maximum Gasteiger partial charge on any atom is 0.410 e. The van der Waals surface area contributed by atoms with E-state index in [0.29, 0.717) is 62.6 Å². The van der Waals surface area contributed by atoms with Crippen LogP contribution in [0.15, 0.2) is 18.2 Å². The minimum Gasteiger partial charge on any atom is -0.444 e. The summed E-state index contributed by atoms with van der Waals surface area (Å²) in [5.74, 6) is -0.942. The number of hydrogen-bond acceptors (Lipinski definition) is 5. The molecule has 0 aromatic heterocycles. The molecule has 4 rings (SSSR count). The molecule has 2 unspecified atom stereocenters. The predicted octanol–water partition coefficient (Wildman–Crippen LogP) is 4.14. The zero-order chi connectivity index (χ0) is 25.3. The molecule has 0 saturated carbocycles. The van der Waals surface area contributed by atoms with Crippen molar-refractivity contribution < 1.29 is 23.5 Å². The Labute approximate surface area is 212 Å². The van der Waals surface area contributed by atoms with Gasteiger partial charge in [0.2, 0.25) is 5.91 Å². The van der Waals surface area contributed by atoms with E-state index in [1.807, 2.05) is 32.6 Å². The van der Waals surface area contributed by atoms with E-state index in [0.717, 1.165) is 12.8 Å². The van der Waals surface area contributed by atoms with Crippen LogP contribution in [0.5, 0.6) is 0 Å². The molecule has 35 heavy (non-hydrogen) atoms. The van der Waals surface area contributed by atoms with Gasteiger partial charge in [0, 0.05) is 69.0 Å². The summed E-state index contributed by atoms with van der Waals surface area (Å²) in [7, 11) is 0. The summed E-state index contributed by atoms with van der Waals surface area (Å²) in [6.07, 6.45) is 1.48. The van der Waals surface area contributed by atoms with E-state index in [2.05, 4.69) is 4.90 Å². The molecule has 3 heterocycles. The first-order valence-corrected chi connectivity index (χ1v) is 13.0. The smallest absolute Gasteiger partial charge is 0.410 e. The quantitative estimate of drug-likeness (QED) is 0.613. The van der Waals surface area contributed by atoms with Crippen LogP contribution in [0.1, 0.15) is 52.0 Å². The Morgan fingerprint density at radius 1 is 1.11 bits per heavy atom. The number of hydrogen-bond donors (Lipinski definition) is 0. The summed E-state index contributed by atoms with van der Waals surface area (Å²) in [5.41, 5.74) is -0.0281. The lowest BCUT2D eigenvalue weighted by molar-refractivity contribution is -0.138. The van der Waals surface area contributed by atoms with E-state index in [-0.39, 0.29) is 35.7 Å². The van der Waals surface area contributed by atoms with E-state index in [9.17, 15) is 14.0 Å². The van der Waals surface area contributed by atoms with Crippen molar-refractivity contribution >= 4 is 23.6 Å². The third-order valence-corrected chi connectivity index (χ3v) is 7.54. The molecular formula is C26H37ClFN3O4. The summed E-state index contributed by atoms with van der Waals surface area (Å²) in [6.45, 7) is 11.4. The van der Waals surface area contributed by atoms with Crippen molar-refractivity contribution in [1.29, 1.82) is 0 Å². The normalized spacial score (nSPS) is 26.7. The summed E-state index contributed by atoms with van der Waals surface area (Å²) >= 11 is 6.01. The first-order chi connectivity index (χ1) is 16.5. The van der Waals surface area contributed by atoms with Crippen molar-refractivity contribution in [3.63, 3.8) is 0 Å². The van der Waals surface area contributed by atoms with E-state index in [1.54, 1.807) is 17.0 Å². The van der Waals surface area contributed by atoms with Crippen LogP contribution in [0.25, 0.3) is 0 Å². The lowest BCUT2D eigenvalue weighted by Crippen LogP contribution is -2.57. The fourth-order valence-corrected chi connectivity index (χ4v) is 5.69. The molecule has 3 fully saturated rings. The Morgan fingerprint density at radius 3 is 2.46 bits per heavy atom. The van der Waals surface area contributed by atoms with Crippen molar-refractivity contribution in [2.45, 2.75) is 64.1 Å². The highest BCUT2D eigenvalue weighted by Gasteiger charge is 2.45. The fraction of sp³-hybridized carbons (Fsp3) is 0.692. The molecule has 2 amide bonds. The molecule has 7 nitrogen and oxygen atoms in total. The van der Waals surface area contributed by atoms with Gasteiger partial charge in [-0.05, 0) is 58.2 Å². The Balaban J connectivity index is 1.50. The van der Waals surface area contributed by atoms with Gasteiger partial charge >= 0.3 is 6.09 Å².